The van der Waals surface area contributed by atoms with Crippen molar-refractivity contribution in [3.05, 3.63) is 100 Å². The summed E-state index contributed by atoms with van der Waals surface area (Å²) in [6, 6.07) is 22.2. The molecule has 0 fully saturated rings. The van der Waals surface area contributed by atoms with Crippen molar-refractivity contribution in [3.63, 3.8) is 0 Å². The Morgan fingerprint density at radius 3 is 2.34 bits per heavy atom. The lowest BCUT2D eigenvalue weighted by atomic mass is 9.99. The topological polar surface area (TPSA) is 108 Å². The van der Waals surface area contributed by atoms with Crippen molar-refractivity contribution in [1.82, 2.24) is 19.4 Å². The van der Waals surface area contributed by atoms with Crippen LogP contribution in [0.15, 0.2) is 72.8 Å². The Bertz CT molecular complexity index is 1540. The lowest BCUT2D eigenvalue weighted by Gasteiger charge is -2.35. The summed E-state index contributed by atoms with van der Waals surface area (Å²) in [6.07, 6.45) is 3.05. The van der Waals surface area contributed by atoms with Gasteiger partial charge in [-0.1, -0.05) is 74.8 Å². The predicted molar refractivity (Wildman–Crippen MR) is 161 cm³/mol. The lowest BCUT2D eigenvalue weighted by molar-refractivity contribution is 0.0600. The van der Waals surface area contributed by atoms with Crippen LogP contribution in [-0.4, -0.2) is 44.4 Å². The highest BCUT2D eigenvalue weighted by Gasteiger charge is 2.33. The molecule has 0 aliphatic rings. The first-order chi connectivity index (χ1) is 19.7. The van der Waals surface area contributed by atoms with Crippen LogP contribution in [0.4, 0.5) is 4.79 Å². The predicted octanol–water partition coefficient (Wildman–Crippen LogP) is 6.39. The van der Waals surface area contributed by atoms with Crippen LogP contribution < -0.4 is 5.73 Å². The first kappa shape index (κ1) is 29.6. The number of nitriles is 1. The summed E-state index contributed by atoms with van der Waals surface area (Å²) < 4.78 is 2.15. The molecule has 1 heterocycles. The number of aromatic nitrogens is 2. The van der Waals surface area contributed by atoms with E-state index in [0.29, 0.717) is 23.6 Å². The van der Waals surface area contributed by atoms with Crippen LogP contribution in [0.1, 0.15) is 60.5 Å². The maximum Gasteiger partial charge on any atom is 0.327 e. The normalized spacial score (nSPS) is 11.8. The van der Waals surface area contributed by atoms with Gasteiger partial charge in [-0.3, -0.25) is 4.79 Å². The van der Waals surface area contributed by atoms with Crippen LogP contribution in [0.2, 0.25) is 5.02 Å². The summed E-state index contributed by atoms with van der Waals surface area (Å²) in [4.78, 5) is 33.6. The number of benzene rings is 3. The summed E-state index contributed by atoms with van der Waals surface area (Å²) >= 11 is 6.36. The fourth-order valence-electron chi connectivity index (χ4n) is 5.10. The van der Waals surface area contributed by atoms with E-state index in [1.807, 2.05) is 71.8 Å². The molecule has 0 saturated heterocycles. The fraction of sp³-hybridized carbons (Fsp3) is 0.312. The zero-order valence-corrected chi connectivity index (χ0v) is 24.4. The van der Waals surface area contributed by atoms with Crippen LogP contribution in [0.5, 0.6) is 0 Å². The van der Waals surface area contributed by atoms with Gasteiger partial charge in [-0.25, -0.2) is 14.7 Å². The van der Waals surface area contributed by atoms with Gasteiger partial charge in [0.05, 0.1) is 17.1 Å². The Hall–Kier alpha value is -4.35. The molecule has 4 aromatic rings. The Balaban J connectivity index is 1.81. The number of carbonyl (C=O) groups excluding carboxylic acids is 2. The van der Waals surface area contributed by atoms with Crippen molar-refractivity contribution in [2.75, 3.05) is 13.1 Å². The molecule has 4 rings (SSSR count). The third-order valence-electron chi connectivity index (χ3n) is 7.19. The monoisotopic (exact) mass is 570 g/mol. The van der Waals surface area contributed by atoms with E-state index in [-0.39, 0.29) is 24.9 Å². The van der Waals surface area contributed by atoms with Crippen molar-refractivity contribution >= 4 is 34.6 Å². The number of halogens is 1. The molecule has 0 aliphatic carbocycles. The molecule has 2 N–H and O–H groups in total. The molecule has 0 bridgehead atoms. The Morgan fingerprint density at radius 1 is 1.02 bits per heavy atom. The van der Waals surface area contributed by atoms with E-state index in [0.717, 1.165) is 39.3 Å². The van der Waals surface area contributed by atoms with Crippen LogP contribution >= 0.6 is 11.6 Å². The highest BCUT2D eigenvalue weighted by atomic mass is 35.5. The van der Waals surface area contributed by atoms with Gasteiger partial charge in [0.25, 0.3) is 5.91 Å². The summed E-state index contributed by atoms with van der Waals surface area (Å²) in [7, 11) is 0. The van der Waals surface area contributed by atoms with Gasteiger partial charge in [-0.2, -0.15) is 5.26 Å². The molecular weight excluding hydrogens is 536 g/mol. The molecule has 212 valence electrons. The van der Waals surface area contributed by atoms with Crippen LogP contribution in [0, 0.1) is 17.4 Å². The number of amides is 3. The van der Waals surface area contributed by atoms with Gasteiger partial charge in [0, 0.05) is 30.2 Å². The van der Waals surface area contributed by atoms with Gasteiger partial charge in [0.15, 0.2) is 6.19 Å². The van der Waals surface area contributed by atoms with Crippen LogP contribution in [-0.2, 0) is 13.0 Å². The molecule has 0 saturated carbocycles. The van der Waals surface area contributed by atoms with Crippen molar-refractivity contribution < 1.29 is 9.59 Å². The summed E-state index contributed by atoms with van der Waals surface area (Å²) in [5, 5.41) is 9.91. The summed E-state index contributed by atoms with van der Waals surface area (Å²) in [5.74, 6) is 0.579. The number of imidazole rings is 1. The Kier molecular flexibility index (Phi) is 9.64. The highest BCUT2D eigenvalue weighted by Crippen LogP contribution is 2.34. The number of fused-ring (bicyclic) bond motifs is 1. The minimum atomic E-state index is -0.817. The number of nitrogens with two attached hydrogens (primary N) is 1. The fourth-order valence-corrected chi connectivity index (χ4v) is 5.27. The number of hydrogen-bond acceptors (Lipinski definition) is 4. The molecule has 3 amide bonds. The molecule has 0 spiro atoms. The second kappa shape index (κ2) is 13.3. The van der Waals surface area contributed by atoms with E-state index >= 15 is 0 Å². The van der Waals surface area contributed by atoms with Crippen LogP contribution in [0.25, 0.3) is 11.0 Å². The van der Waals surface area contributed by atoms with Gasteiger partial charge < -0.3 is 15.2 Å². The molecule has 3 aromatic carbocycles. The van der Waals surface area contributed by atoms with Crippen molar-refractivity contribution in [2.45, 2.75) is 46.2 Å². The largest absolute Gasteiger partial charge is 0.351 e. The average Bonchev–Trinajstić information content (AvgIpc) is 3.30. The maximum absolute atomic E-state index is 14.2. The van der Waals surface area contributed by atoms with E-state index in [2.05, 4.69) is 37.5 Å². The number of urea groups is 1. The smallest absolute Gasteiger partial charge is 0.327 e. The lowest BCUT2D eigenvalue weighted by Crippen LogP contribution is -2.41. The minimum Gasteiger partial charge on any atom is -0.351 e. The van der Waals surface area contributed by atoms with E-state index in [1.54, 1.807) is 0 Å². The van der Waals surface area contributed by atoms with Crippen molar-refractivity contribution in [3.8, 4) is 6.19 Å². The molecule has 1 aromatic heterocycles. The number of aryl methyl sites for hydroxylation is 1. The van der Waals surface area contributed by atoms with Gasteiger partial charge in [0.1, 0.15) is 5.82 Å². The Morgan fingerprint density at radius 2 is 1.73 bits per heavy atom. The highest BCUT2D eigenvalue weighted by molar-refractivity contribution is 6.31. The third-order valence-corrected chi connectivity index (χ3v) is 7.43. The zero-order valence-electron chi connectivity index (χ0n) is 23.6. The minimum absolute atomic E-state index is 0.0149. The first-order valence-electron chi connectivity index (χ1n) is 13.8. The van der Waals surface area contributed by atoms with Gasteiger partial charge in [-0.15, -0.1) is 0 Å². The van der Waals surface area contributed by atoms with Gasteiger partial charge >= 0.3 is 6.03 Å². The zero-order chi connectivity index (χ0) is 29.5. The van der Waals surface area contributed by atoms with Gasteiger partial charge in [-0.05, 0) is 60.2 Å². The quantitative estimate of drug-likeness (QED) is 0.166. The summed E-state index contributed by atoms with van der Waals surface area (Å²) in [5.41, 5.74) is 9.82. The molecule has 8 nitrogen and oxygen atoms in total. The second-order valence-corrected chi connectivity index (χ2v) is 10.8. The Labute approximate surface area is 245 Å². The third kappa shape index (κ3) is 6.87. The van der Waals surface area contributed by atoms with E-state index in [1.165, 1.54) is 0 Å². The SMILES string of the molecule is CCc1ccc(C(=O)N(CCCN(C#N)C(N)=O)C(c2nc3cc(Cl)ccc3n2Cc2ccccc2)C(C)C)cc1. The number of rotatable bonds is 11. The molecule has 0 aliphatic heterocycles. The molecule has 41 heavy (non-hydrogen) atoms. The summed E-state index contributed by atoms with van der Waals surface area (Å²) in [6.45, 7) is 7.16. The van der Waals surface area contributed by atoms with Gasteiger partial charge in [0.2, 0.25) is 0 Å². The molecule has 1 atom stereocenters. The molecule has 9 heteroatoms. The standard InChI is InChI=1S/C32H35ClN6O2/c1-4-23-11-13-25(14-12-23)31(40)38(18-8-17-37(21-34)32(35)41)29(22(2)3)30-36-27-19-26(33)15-16-28(27)39(30)20-24-9-6-5-7-10-24/h5-7,9-16,19,22,29H,4,8,17-18,20H2,1-3H3,(H2,35,41). The first-order valence-corrected chi connectivity index (χ1v) is 14.2. The molecule has 1 unspecified atom stereocenters. The van der Waals surface area contributed by atoms with Crippen molar-refractivity contribution in [1.29, 1.82) is 5.26 Å². The number of hydrogen-bond donors (Lipinski definition) is 1. The van der Waals surface area contributed by atoms with E-state index in [4.69, 9.17) is 22.3 Å². The number of nitrogens with zero attached hydrogens (tertiary/aromatic N) is 5. The van der Waals surface area contributed by atoms with Crippen molar-refractivity contribution in [2.24, 2.45) is 11.7 Å². The second-order valence-electron chi connectivity index (χ2n) is 10.4. The number of carbonyl (C=O) groups is 2. The van der Waals surface area contributed by atoms with E-state index in [9.17, 15) is 14.9 Å². The van der Waals surface area contributed by atoms with Crippen LogP contribution in [0.3, 0.4) is 0 Å². The molecular formula is C32H35ClN6O2. The number of primary amides is 1. The molecule has 0 radical (unpaired) electrons. The maximum atomic E-state index is 14.2. The average molecular weight is 571 g/mol. The van der Waals surface area contributed by atoms with E-state index < -0.39 is 12.1 Å².